The lowest BCUT2D eigenvalue weighted by Gasteiger charge is -2.35. The van der Waals surface area contributed by atoms with Crippen molar-refractivity contribution in [3.63, 3.8) is 0 Å². The van der Waals surface area contributed by atoms with E-state index < -0.39 is 0 Å². The number of hydrogen-bond acceptors (Lipinski definition) is 6. The van der Waals surface area contributed by atoms with Crippen molar-refractivity contribution in [3.8, 4) is 11.4 Å². The van der Waals surface area contributed by atoms with Gasteiger partial charge in [0, 0.05) is 32.4 Å². The molecule has 2 aliphatic heterocycles. The van der Waals surface area contributed by atoms with Gasteiger partial charge in [0.15, 0.2) is 5.82 Å². The number of morpholine rings is 1. The van der Waals surface area contributed by atoms with Gasteiger partial charge in [0.2, 0.25) is 0 Å². The van der Waals surface area contributed by atoms with Gasteiger partial charge in [0.05, 0.1) is 17.8 Å². The number of nitrogens with zero attached hydrogens (tertiary/aromatic N) is 6. The molecule has 1 aromatic carbocycles. The van der Waals surface area contributed by atoms with E-state index in [9.17, 15) is 0 Å². The summed E-state index contributed by atoms with van der Waals surface area (Å²) in [5.74, 6) is 1.87. The molecule has 1 saturated heterocycles. The lowest BCUT2D eigenvalue weighted by molar-refractivity contribution is -0.0705. The highest BCUT2D eigenvalue weighted by Gasteiger charge is 2.27. The molecule has 1 fully saturated rings. The maximum absolute atomic E-state index is 5.88. The van der Waals surface area contributed by atoms with E-state index in [0.29, 0.717) is 6.67 Å². The summed E-state index contributed by atoms with van der Waals surface area (Å²) in [6.07, 6.45) is 4.16. The zero-order valence-corrected chi connectivity index (χ0v) is 18.7. The van der Waals surface area contributed by atoms with Crippen LogP contribution in [0.5, 0.6) is 0 Å². The van der Waals surface area contributed by atoms with E-state index >= 15 is 0 Å². The molecule has 0 spiro atoms. The van der Waals surface area contributed by atoms with Crippen molar-refractivity contribution in [2.45, 2.75) is 59.7 Å². The molecule has 5 rings (SSSR count). The molecule has 0 unspecified atom stereocenters. The third kappa shape index (κ3) is 4.07. The Morgan fingerprint density at radius 1 is 0.968 bits per heavy atom. The summed E-state index contributed by atoms with van der Waals surface area (Å²) in [5, 5.41) is 4.45. The molecule has 0 amide bonds. The van der Waals surface area contributed by atoms with Gasteiger partial charge in [-0.15, -0.1) is 0 Å². The molecule has 31 heavy (non-hydrogen) atoms. The average Bonchev–Trinajstić information content (AvgIpc) is 3.19. The standard InChI is InChI=1S/C24H30N6O/c1-16-5-6-20(7-17(16)2)13-29-15-30-24(26-14-27-30)22-8-21(9-25-23(22)29)12-28-10-18(3)31-19(4)11-28/h5-9,14,18-19H,10-13,15H2,1-4H3/t18-,19+. The van der Waals surface area contributed by atoms with E-state index in [-0.39, 0.29) is 12.2 Å². The maximum atomic E-state index is 5.88. The minimum atomic E-state index is 0.255. The minimum absolute atomic E-state index is 0.255. The van der Waals surface area contributed by atoms with Gasteiger partial charge in [-0.2, -0.15) is 5.10 Å². The van der Waals surface area contributed by atoms with Crippen LogP contribution in [0.25, 0.3) is 11.4 Å². The monoisotopic (exact) mass is 418 g/mol. The lowest BCUT2D eigenvalue weighted by atomic mass is 10.1. The molecule has 2 atom stereocenters. The van der Waals surface area contributed by atoms with E-state index in [1.807, 2.05) is 10.9 Å². The van der Waals surface area contributed by atoms with Crippen molar-refractivity contribution in [2.24, 2.45) is 0 Å². The van der Waals surface area contributed by atoms with Crippen molar-refractivity contribution >= 4 is 5.82 Å². The Hall–Kier alpha value is -2.77. The summed E-state index contributed by atoms with van der Waals surface area (Å²) in [5.41, 5.74) is 6.16. The van der Waals surface area contributed by atoms with Gasteiger partial charge in [-0.3, -0.25) is 4.90 Å². The van der Waals surface area contributed by atoms with Gasteiger partial charge in [-0.05, 0) is 56.0 Å². The van der Waals surface area contributed by atoms with Crippen molar-refractivity contribution in [1.29, 1.82) is 0 Å². The van der Waals surface area contributed by atoms with Gasteiger partial charge in [0.1, 0.15) is 18.8 Å². The molecule has 3 aromatic rings. The summed E-state index contributed by atoms with van der Waals surface area (Å²) in [6.45, 7) is 12.8. The first-order valence-electron chi connectivity index (χ1n) is 11.0. The third-order valence-corrected chi connectivity index (χ3v) is 6.23. The van der Waals surface area contributed by atoms with E-state index in [0.717, 1.165) is 43.4 Å². The van der Waals surface area contributed by atoms with Crippen LogP contribution >= 0.6 is 0 Å². The summed E-state index contributed by atoms with van der Waals surface area (Å²) < 4.78 is 7.85. The first-order chi connectivity index (χ1) is 15.0. The fourth-order valence-electron chi connectivity index (χ4n) is 4.73. The van der Waals surface area contributed by atoms with E-state index in [1.165, 1.54) is 22.3 Å². The summed E-state index contributed by atoms with van der Waals surface area (Å²) in [7, 11) is 0. The average molecular weight is 419 g/mol. The summed E-state index contributed by atoms with van der Waals surface area (Å²) >= 11 is 0. The van der Waals surface area contributed by atoms with Crippen LogP contribution in [0.3, 0.4) is 0 Å². The molecule has 4 heterocycles. The molecular weight excluding hydrogens is 388 g/mol. The van der Waals surface area contributed by atoms with Crippen LogP contribution in [0.1, 0.15) is 36.1 Å². The van der Waals surface area contributed by atoms with Crippen molar-refractivity contribution < 1.29 is 4.74 Å². The Kier molecular flexibility index (Phi) is 5.24. The number of ether oxygens (including phenoxy) is 1. The first-order valence-corrected chi connectivity index (χ1v) is 11.0. The van der Waals surface area contributed by atoms with Gasteiger partial charge >= 0.3 is 0 Å². The first kappa shape index (κ1) is 20.2. The molecule has 2 aliphatic rings. The van der Waals surface area contributed by atoms with Crippen LogP contribution < -0.4 is 4.90 Å². The molecular formula is C24H30N6O. The Morgan fingerprint density at radius 3 is 2.55 bits per heavy atom. The van der Waals surface area contributed by atoms with E-state index in [2.05, 4.69) is 71.8 Å². The molecule has 0 N–H and O–H groups in total. The Morgan fingerprint density at radius 2 is 1.77 bits per heavy atom. The van der Waals surface area contributed by atoms with Crippen molar-refractivity contribution in [3.05, 3.63) is 59.0 Å². The second-order valence-electron chi connectivity index (χ2n) is 9.01. The quantitative estimate of drug-likeness (QED) is 0.646. The number of aromatic nitrogens is 4. The highest BCUT2D eigenvalue weighted by molar-refractivity contribution is 5.73. The highest BCUT2D eigenvalue weighted by atomic mass is 16.5. The summed E-state index contributed by atoms with van der Waals surface area (Å²) in [4.78, 5) is 14.2. The molecule has 7 heteroatoms. The number of rotatable bonds is 4. The third-order valence-electron chi connectivity index (χ3n) is 6.23. The molecule has 162 valence electrons. The largest absolute Gasteiger partial charge is 0.373 e. The van der Waals surface area contributed by atoms with E-state index in [1.54, 1.807) is 6.33 Å². The van der Waals surface area contributed by atoms with Gasteiger partial charge in [-0.25, -0.2) is 14.6 Å². The number of benzene rings is 1. The minimum Gasteiger partial charge on any atom is -0.373 e. The predicted octanol–water partition coefficient (Wildman–Crippen LogP) is 3.54. The van der Waals surface area contributed by atoms with Crippen LogP contribution in [-0.2, 0) is 24.5 Å². The van der Waals surface area contributed by atoms with Crippen LogP contribution in [0.15, 0.2) is 36.8 Å². The zero-order chi connectivity index (χ0) is 21.5. The number of hydrogen-bond donors (Lipinski definition) is 0. The number of fused-ring (bicyclic) bond motifs is 3. The van der Waals surface area contributed by atoms with Crippen LogP contribution in [0, 0.1) is 13.8 Å². The highest BCUT2D eigenvalue weighted by Crippen LogP contribution is 2.34. The Bertz CT molecular complexity index is 1080. The van der Waals surface area contributed by atoms with Gasteiger partial charge < -0.3 is 9.64 Å². The second kappa shape index (κ2) is 8.05. The number of anilines is 1. The summed E-state index contributed by atoms with van der Waals surface area (Å²) in [6, 6.07) is 8.90. The fourth-order valence-corrected chi connectivity index (χ4v) is 4.73. The van der Waals surface area contributed by atoms with Crippen LogP contribution in [0.2, 0.25) is 0 Å². The smallest absolute Gasteiger partial charge is 0.163 e. The normalized spacial score (nSPS) is 21.1. The molecule has 0 bridgehead atoms. The topological polar surface area (TPSA) is 59.3 Å². The molecule has 0 aliphatic carbocycles. The predicted molar refractivity (Wildman–Crippen MR) is 121 cm³/mol. The maximum Gasteiger partial charge on any atom is 0.163 e. The Balaban J connectivity index is 1.43. The lowest BCUT2D eigenvalue weighted by Crippen LogP contribution is -2.44. The molecule has 2 aromatic heterocycles. The molecule has 0 radical (unpaired) electrons. The van der Waals surface area contributed by atoms with Crippen molar-refractivity contribution in [1.82, 2.24) is 24.6 Å². The van der Waals surface area contributed by atoms with Crippen LogP contribution in [0.4, 0.5) is 5.82 Å². The number of pyridine rings is 1. The second-order valence-corrected chi connectivity index (χ2v) is 9.01. The van der Waals surface area contributed by atoms with E-state index in [4.69, 9.17) is 9.72 Å². The van der Waals surface area contributed by atoms with Gasteiger partial charge in [-0.1, -0.05) is 18.2 Å². The molecule has 0 saturated carbocycles. The number of aryl methyl sites for hydroxylation is 2. The van der Waals surface area contributed by atoms with Gasteiger partial charge in [0.25, 0.3) is 0 Å². The van der Waals surface area contributed by atoms with Crippen LogP contribution in [-0.4, -0.2) is 49.9 Å². The zero-order valence-electron chi connectivity index (χ0n) is 18.7. The Labute approximate surface area is 183 Å². The van der Waals surface area contributed by atoms with Crippen molar-refractivity contribution in [2.75, 3.05) is 18.0 Å². The molecule has 7 nitrogen and oxygen atoms in total. The fraction of sp³-hybridized carbons (Fsp3) is 0.458. The SMILES string of the molecule is Cc1ccc(CN2Cn3ncnc3-c3cc(CN4C[C@@H](C)O[C@@H](C)C4)cnc32)cc1C.